The van der Waals surface area contributed by atoms with Gasteiger partial charge in [-0.1, -0.05) is 23.7 Å². The number of nitrogens with one attached hydrogen (secondary N) is 1. The number of benzene rings is 2. The smallest absolute Gasteiger partial charge is 0.257 e. The number of nitrogens with zero attached hydrogens (tertiary/aromatic N) is 3. The SMILES string of the molecule is Cc1nc2ccc(Cl)cc2cc1C(=O)Nc1ccc(CN2CCN(C)CC2)cc1. The minimum Gasteiger partial charge on any atom is -0.322 e. The van der Waals surface area contributed by atoms with Crippen LogP contribution in [0, 0.1) is 6.92 Å². The van der Waals surface area contributed by atoms with Gasteiger partial charge in [-0.3, -0.25) is 14.7 Å². The molecule has 1 fully saturated rings. The van der Waals surface area contributed by atoms with Gasteiger partial charge in [-0.25, -0.2) is 0 Å². The Kier molecular flexibility index (Phi) is 5.81. The van der Waals surface area contributed by atoms with Gasteiger partial charge in [-0.15, -0.1) is 0 Å². The maximum absolute atomic E-state index is 12.8. The Hall–Kier alpha value is -2.47. The lowest BCUT2D eigenvalue weighted by Crippen LogP contribution is -2.43. The molecular weight excluding hydrogens is 384 g/mol. The summed E-state index contributed by atoms with van der Waals surface area (Å²) >= 11 is 6.08. The number of aryl methyl sites for hydroxylation is 1. The molecule has 1 saturated heterocycles. The second-order valence-electron chi connectivity index (χ2n) is 7.69. The minimum absolute atomic E-state index is 0.163. The molecule has 1 aromatic heterocycles. The first-order valence-electron chi connectivity index (χ1n) is 9.86. The standard InChI is InChI=1S/C23H25ClN4O/c1-16-21(14-18-13-19(24)5-8-22(18)25-16)23(29)26-20-6-3-17(4-7-20)15-28-11-9-27(2)10-12-28/h3-8,13-14H,9-12,15H2,1-2H3,(H,26,29). The molecule has 6 heteroatoms. The van der Waals surface area contributed by atoms with Gasteiger partial charge in [0.05, 0.1) is 16.8 Å². The average Bonchev–Trinajstić information content (AvgIpc) is 2.71. The summed E-state index contributed by atoms with van der Waals surface area (Å²) < 4.78 is 0. The van der Waals surface area contributed by atoms with Crippen molar-refractivity contribution in [1.29, 1.82) is 0 Å². The molecule has 0 bridgehead atoms. The van der Waals surface area contributed by atoms with Crippen LogP contribution in [0.4, 0.5) is 5.69 Å². The Bertz CT molecular complexity index is 1030. The highest BCUT2D eigenvalue weighted by atomic mass is 35.5. The molecular formula is C23H25ClN4O. The quantitative estimate of drug-likeness (QED) is 0.703. The molecule has 1 aliphatic heterocycles. The van der Waals surface area contributed by atoms with Crippen LogP contribution in [-0.2, 0) is 6.54 Å². The number of halogens is 1. The first-order valence-corrected chi connectivity index (χ1v) is 10.2. The van der Waals surface area contributed by atoms with Crippen LogP contribution in [0.3, 0.4) is 0 Å². The molecule has 0 spiro atoms. The van der Waals surface area contributed by atoms with Crippen LogP contribution in [0.2, 0.25) is 5.02 Å². The molecule has 0 unspecified atom stereocenters. The molecule has 29 heavy (non-hydrogen) atoms. The predicted octanol–water partition coefficient (Wildman–Crippen LogP) is 4.20. The van der Waals surface area contributed by atoms with Gasteiger partial charge in [0.15, 0.2) is 0 Å². The van der Waals surface area contributed by atoms with Crippen LogP contribution in [-0.4, -0.2) is 53.9 Å². The highest BCUT2D eigenvalue weighted by molar-refractivity contribution is 6.31. The number of carbonyl (C=O) groups excluding carboxylic acids is 1. The number of carbonyl (C=O) groups is 1. The van der Waals surface area contributed by atoms with Crippen molar-refractivity contribution in [1.82, 2.24) is 14.8 Å². The van der Waals surface area contributed by atoms with Crippen LogP contribution in [0.15, 0.2) is 48.5 Å². The molecule has 2 aromatic carbocycles. The van der Waals surface area contributed by atoms with Gasteiger partial charge in [0.25, 0.3) is 5.91 Å². The Morgan fingerprint density at radius 3 is 2.52 bits per heavy atom. The molecule has 3 aromatic rings. The van der Waals surface area contributed by atoms with Crippen molar-refractivity contribution in [3.05, 3.63) is 70.4 Å². The fraction of sp³-hybridized carbons (Fsp3) is 0.304. The van der Waals surface area contributed by atoms with E-state index in [-0.39, 0.29) is 5.91 Å². The molecule has 0 atom stereocenters. The summed E-state index contributed by atoms with van der Waals surface area (Å²) in [5.74, 6) is -0.163. The third-order valence-corrected chi connectivity index (χ3v) is 5.66. The number of pyridine rings is 1. The third kappa shape index (κ3) is 4.75. The molecule has 150 valence electrons. The average molecular weight is 409 g/mol. The van der Waals surface area contributed by atoms with E-state index in [9.17, 15) is 4.79 Å². The first-order chi connectivity index (χ1) is 14.0. The number of likely N-dealkylation sites (N-methyl/N-ethyl adjacent to an activating group) is 1. The Morgan fingerprint density at radius 2 is 1.79 bits per heavy atom. The van der Waals surface area contributed by atoms with Gasteiger partial charge in [0, 0.05) is 48.8 Å². The highest BCUT2D eigenvalue weighted by Crippen LogP contribution is 2.22. The van der Waals surface area contributed by atoms with E-state index < -0.39 is 0 Å². The monoisotopic (exact) mass is 408 g/mol. The number of hydrogen-bond acceptors (Lipinski definition) is 4. The molecule has 0 aliphatic carbocycles. The van der Waals surface area contributed by atoms with Crippen molar-refractivity contribution >= 4 is 34.1 Å². The van der Waals surface area contributed by atoms with Crippen molar-refractivity contribution in [2.45, 2.75) is 13.5 Å². The molecule has 1 amide bonds. The normalized spacial score (nSPS) is 15.6. The van der Waals surface area contributed by atoms with E-state index in [2.05, 4.69) is 39.3 Å². The van der Waals surface area contributed by atoms with E-state index in [1.807, 2.05) is 37.3 Å². The van der Waals surface area contributed by atoms with Gasteiger partial charge in [0.1, 0.15) is 0 Å². The number of anilines is 1. The second kappa shape index (κ2) is 8.49. The van der Waals surface area contributed by atoms with E-state index in [4.69, 9.17) is 11.6 Å². The zero-order chi connectivity index (χ0) is 20.4. The highest BCUT2D eigenvalue weighted by Gasteiger charge is 2.15. The first kappa shape index (κ1) is 19.8. The lowest BCUT2D eigenvalue weighted by atomic mass is 10.1. The number of fused-ring (bicyclic) bond motifs is 1. The Balaban J connectivity index is 1.44. The molecule has 1 aliphatic rings. The summed E-state index contributed by atoms with van der Waals surface area (Å²) in [5.41, 5.74) is 4.12. The number of hydrogen-bond donors (Lipinski definition) is 1. The lowest BCUT2D eigenvalue weighted by Gasteiger charge is -2.32. The van der Waals surface area contributed by atoms with Gasteiger partial charge >= 0.3 is 0 Å². The number of piperazine rings is 1. The van der Waals surface area contributed by atoms with Crippen molar-refractivity contribution in [2.24, 2.45) is 0 Å². The van der Waals surface area contributed by atoms with Crippen molar-refractivity contribution in [2.75, 3.05) is 38.5 Å². The zero-order valence-corrected chi connectivity index (χ0v) is 17.5. The molecule has 5 nitrogen and oxygen atoms in total. The minimum atomic E-state index is -0.163. The van der Waals surface area contributed by atoms with Gasteiger partial charge in [0.2, 0.25) is 0 Å². The van der Waals surface area contributed by atoms with Crippen LogP contribution in [0.1, 0.15) is 21.6 Å². The van der Waals surface area contributed by atoms with E-state index in [0.717, 1.165) is 49.3 Å². The van der Waals surface area contributed by atoms with Gasteiger partial charge in [-0.2, -0.15) is 0 Å². The molecule has 2 heterocycles. The fourth-order valence-electron chi connectivity index (χ4n) is 3.63. The third-order valence-electron chi connectivity index (χ3n) is 5.43. The zero-order valence-electron chi connectivity index (χ0n) is 16.8. The maximum atomic E-state index is 12.8. The van der Waals surface area contributed by atoms with E-state index in [0.29, 0.717) is 16.3 Å². The number of aromatic nitrogens is 1. The van der Waals surface area contributed by atoms with Crippen LogP contribution in [0.5, 0.6) is 0 Å². The van der Waals surface area contributed by atoms with Crippen molar-refractivity contribution in [3.63, 3.8) is 0 Å². The Labute approximate surface area is 176 Å². The molecule has 0 radical (unpaired) electrons. The predicted molar refractivity (Wildman–Crippen MR) is 119 cm³/mol. The second-order valence-corrected chi connectivity index (χ2v) is 8.13. The summed E-state index contributed by atoms with van der Waals surface area (Å²) in [6, 6.07) is 15.4. The summed E-state index contributed by atoms with van der Waals surface area (Å²) in [4.78, 5) is 22.1. The lowest BCUT2D eigenvalue weighted by molar-refractivity contribution is 0.102. The van der Waals surface area contributed by atoms with Crippen LogP contribution < -0.4 is 5.32 Å². The van der Waals surface area contributed by atoms with Crippen molar-refractivity contribution in [3.8, 4) is 0 Å². The number of rotatable bonds is 4. The summed E-state index contributed by atoms with van der Waals surface area (Å²) in [6.45, 7) is 7.19. The summed E-state index contributed by atoms with van der Waals surface area (Å²) in [7, 11) is 2.16. The van der Waals surface area contributed by atoms with E-state index in [1.165, 1.54) is 5.56 Å². The van der Waals surface area contributed by atoms with Crippen molar-refractivity contribution < 1.29 is 4.79 Å². The van der Waals surface area contributed by atoms with E-state index in [1.54, 1.807) is 6.07 Å². The molecule has 4 rings (SSSR count). The molecule has 1 N–H and O–H groups in total. The molecule has 0 saturated carbocycles. The van der Waals surface area contributed by atoms with Crippen LogP contribution >= 0.6 is 11.6 Å². The number of amides is 1. The summed E-state index contributed by atoms with van der Waals surface area (Å²) in [5, 5.41) is 4.47. The van der Waals surface area contributed by atoms with Crippen LogP contribution in [0.25, 0.3) is 10.9 Å². The van der Waals surface area contributed by atoms with Gasteiger partial charge in [-0.05, 0) is 55.9 Å². The van der Waals surface area contributed by atoms with E-state index >= 15 is 0 Å². The van der Waals surface area contributed by atoms with Gasteiger partial charge < -0.3 is 10.2 Å². The maximum Gasteiger partial charge on any atom is 0.257 e. The fourth-order valence-corrected chi connectivity index (χ4v) is 3.81. The summed E-state index contributed by atoms with van der Waals surface area (Å²) in [6.07, 6.45) is 0. The largest absolute Gasteiger partial charge is 0.322 e. The topological polar surface area (TPSA) is 48.5 Å². The Morgan fingerprint density at radius 1 is 1.07 bits per heavy atom.